The molecule has 0 atom stereocenters. The summed E-state index contributed by atoms with van der Waals surface area (Å²) in [4.78, 5) is 15.9. The van der Waals surface area contributed by atoms with Gasteiger partial charge in [0.1, 0.15) is 5.82 Å². The monoisotopic (exact) mass is 290 g/mol. The SMILES string of the molecule is Cc1ccc(SCC(=O)NCc2ccc(F)cc2)nc1. The molecule has 0 aliphatic heterocycles. The van der Waals surface area contributed by atoms with E-state index < -0.39 is 0 Å². The summed E-state index contributed by atoms with van der Waals surface area (Å²) < 4.78 is 12.7. The van der Waals surface area contributed by atoms with Crippen molar-refractivity contribution in [1.29, 1.82) is 0 Å². The highest BCUT2D eigenvalue weighted by Gasteiger charge is 2.03. The zero-order valence-corrected chi connectivity index (χ0v) is 11.9. The molecule has 0 spiro atoms. The molecule has 0 saturated carbocycles. The molecule has 20 heavy (non-hydrogen) atoms. The zero-order valence-electron chi connectivity index (χ0n) is 11.1. The third-order valence-corrected chi connectivity index (χ3v) is 3.58. The highest BCUT2D eigenvalue weighted by Crippen LogP contribution is 2.14. The fourth-order valence-corrected chi connectivity index (χ4v) is 2.21. The molecular formula is C15H15FN2OS. The first-order valence-corrected chi connectivity index (χ1v) is 7.18. The van der Waals surface area contributed by atoms with Crippen LogP contribution in [-0.2, 0) is 11.3 Å². The topological polar surface area (TPSA) is 42.0 Å². The van der Waals surface area contributed by atoms with Gasteiger partial charge < -0.3 is 5.32 Å². The summed E-state index contributed by atoms with van der Waals surface area (Å²) in [7, 11) is 0. The lowest BCUT2D eigenvalue weighted by Gasteiger charge is -2.05. The number of hydrogen-bond acceptors (Lipinski definition) is 3. The van der Waals surface area contributed by atoms with Crippen molar-refractivity contribution in [3.05, 3.63) is 59.5 Å². The van der Waals surface area contributed by atoms with Crippen molar-refractivity contribution >= 4 is 17.7 Å². The molecule has 104 valence electrons. The van der Waals surface area contributed by atoms with Gasteiger partial charge in [0.25, 0.3) is 0 Å². The predicted molar refractivity (Wildman–Crippen MR) is 77.9 cm³/mol. The molecule has 1 heterocycles. The van der Waals surface area contributed by atoms with Crippen molar-refractivity contribution in [1.82, 2.24) is 10.3 Å². The number of aromatic nitrogens is 1. The molecule has 3 nitrogen and oxygen atoms in total. The standard InChI is InChI=1S/C15H15FN2OS/c1-11-2-7-15(18-8-11)20-10-14(19)17-9-12-3-5-13(16)6-4-12/h2-8H,9-10H2,1H3,(H,17,19). The molecular weight excluding hydrogens is 275 g/mol. The van der Waals surface area contributed by atoms with Gasteiger partial charge in [-0.15, -0.1) is 0 Å². The molecule has 0 unspecified atom stereocenters. The largest absolute Gasteiger partial charge is 0.351 e. The van der Waals surface area contributed by atoms with E-state index >= 15 is 0 Å². The summed E-state index contributed by atoms with van der Waals surface area (Å²) in [5, 5.41) is 3.62. The Balaban J connectivity index is 1.75. The first-order chi connectivity index (χ1) is 9.63. The van der Waals surface area contributed by atoms with Crippen molar-refractivity contribution in [2.75, 3.05) is 5.75 Å². The van der Waals surface area contributed by atoms with Gasteiger partial charge in [-0.1, -0.05) is 30.0 Å². The normalized spacial score (nSPS) is 10.3. The van der Waals surface area contributed by atoms with E-state index in [0.717, 1.165) is 16.2 Å². The minimum atomic E-state index is -0.277. The first-order valence-electron chi connectivity index (χ1n) is 6.20. The molecule has 0 fully saturated rings. The van der Waals surface area contributed by atoms with Crippen LogP contribution in [0.3, 0.4) is 0 Å². The summed E-state index contributed by atoms with van der Waals surface area (Å²) in [6, 6.07) is 9.94. The van der Waals surface area contributed by atoms with Crippen molar-refractivity contribution in [2.45, 2.75) is 18.5 Å². The van der Waals surface area contributed by atoms with E-state index in [4.69, 9.17) is 0 Å². The second-order valence-corrected chi connectivity index (χ2v) is 5.36. The number of pyridine rings is 1. The van der Waals surface area contributed by atoms with Crippen LogP contribution in [0, 0.1) is 12.7 Å². The summed E-state index contributed by atoms with van der Waals surface area (Å²) in [6.45, 7) is 2.37. The van der Waals surface area contributed by atoms with E-state index in [-0.39, 0.29) is 11.7 Å². The quantitative estimate of drug-likeness (QED) is 0.861. The van der Waals surface area contributed by atoms with Crippen molar-refractivity contribution < 1.29 is 9.18 Å². The number of nitrogens with zero attached hydrogens (tertiary/aromatic N) is 1. The number of carbonyl (C=O) groups is 1. The van der Waals surface area contributed by atoms with Crippen LogP contribution >= 0.6 is 11.8 Å². The fourth-order valence-electron chi connectivity index (χ4n) is 1.53. The van der Waals surface area contributed by atoms with Gasteiger partial charge in [-0.25, -0.2) is 9.37 Å². The average Bonchev–Trinajstić information content (AvgIpc) is 2.46. The third-order valence-electron chi connectivity index (χ3n) is 2.64. The zero-order chi connectivity index (χ0) is 14.4. The summed E-state index contributed by atoms with van der Waals surface area (Å²) >= 11 is 1.39. The second kappa shape index (κ2) is 7.05. The smallest absolute Gasteiger partial charge is 0.230 e. The molecule has 0 saturated heterocycles. The highest BCUT2D eigenvalue weighted by molar-refractivity contribution is 7.99. The fraction of sp³-hybridized carbons (Fsp3) is 0.200. The van der Waals surface area contributed by atoms with Crippen LogP contribution in [0.2, 0.25) is 0 Å². The average molecular weight is 290 g/mol. The van der Waals surface area contributed by atoms with Gasteiger partial charge >= 0.3 is 0 Å². The molecule has 1 aromatic heterocycles. The van der Waals surface area contributed by atoms with E-state index in [0.29, 0.717) is 12.3 Å². The van der Waals surface area contributed by atoms with E-state index in [1.54, 1.807) is 18.3 Å². The minimum absolute atomic E-state index is 0.0679. The molecule has 2 rings (SSSR count). The van der Waals surface area contributed by atoms with Crippen LogP contribution in [0.15, 0.2) is 47.6 Å². The predicted octanol–water partition coefficient (Wildman–Crippen LogP) is 2.94. The van der Waals surface area contributed by atoms with Crippen LogP contribution in [0.1, 0.15) is 11.1 Å². The number of hydrogen-bond donors (Lipinski definition) is 1. The van der Waals surface area contributed by atoms with Gasteiger partial charge in [0.05, 0.1) is 10.8 Å². The van der Waals surface area contributed by atoms with Crippen molar-refractivity contribution in [3.8, 4) is 0 Å². The Morgan fingerprint density at radius 1 is 1.25 bits per heavy atom. The Morgan fingerprint density at radius 2 is 2.00 bits per heavy atom. The highest BCUT2D eigenvalue weighted by atomic mass is 32.2. The van der Waals surface area contributed by atoms with Crippen LogP contribution < -0.4 is 5.32 Å². The maximum atomic E-state index is 12.7. The lowest BCUT2D eigenvalue weighted by molar-refractivity contribution is -0.118. The number of benzene rings is 1. The van der Waals surface area contributed by atoms with Gasteiger partial charge in [-0.2, -0.15) is 0 Å². The van der Waals surface area contributed by atoms with Gasteiger partial charge in [-0.3, -0.25) is 4.79 Å². The molecule has 0 bridgehead atoms. The summed E-state index contributed by atoms with van der Waals surface area (Å²) in [5.41, 5.74) is 1.97. The van der Waals surface area contributed by atoms with Crippen LogP contribution in [0.4, 0.5) is 4.39 Å². The molecule has 5 heteroatoms. The maximum Gasteiger partial charge on any atom is 0.230 e. The number of nitrogens with one attached hydrogen (secondary N) is 1. The Labute approximate surface area is 121 Å². The van der Waals surface area contributed by atoms with E-state index in [9.17, 15) is 9.18 Å². The van der Waals surface area contributed by atoms with Crippen molar-refractivity contribution in [3.63, 3.8) is 0 Å². The number of aryl methyl sites for hydroxylation is 1. The molecule has 0 radical (unpaired) electrons. The van der Waals surface area contributed by atoms with Crippen molar-refractivity contribution in [2.24, 2.45) is 0 Å². The lowest BCUT2D eigenvalue weighted by atomic mass is 10.2. The Kier molecular flexibility index (Phi) is 5.12. The summed E-state index contributed by atoms with van der Waals surface area (Å²) in [6.07, 6.45) is 1.78. The number of thioether (sulfide) groups is 1. The van der Waals surface area contributed by atoms with Gasteiger partial charge in [0, 0.05) is 12.7 Å². The van der Waals surface area contributed by atoms with Crippen LogP contribution in [-0.4, -0.2) is 16.6 Å². The molecule has 1 aromatic carbocycles. The number of carbonyl (C=O) groups excluding carboxylic acids is 1. The minimum Gasteiger partial charge on any atom is -0.351 e. The van der Waals surface area contributed by atoms with Gasteiger partial charge in [-0.05, 0) is 36.2 Å². The van der Waals surface area contributed by atoms with Gasteiger partial charge in [0.2, 0.25) is 5.91 Å². The molecule has 0 aliphatic rings. The Hall–Kier alpha value is -1.88. The molecule has 1 amide bonds. The second-order valence-electron chi connectivity index (χ2n) is 4.37. The molecule has 0 aliphatic carbocycles. The Morgan fingerprint density at radius 3 is 2.65 bits per heavy atom. The van der Waals surface area contributed by atoms with Crippen LogP contribution in [0.25, 0.3) is 0 Å². The maximum absolute atomic E-state index is 12.7. The molecule has 2 aromatic rings. The van der Waals surface area contributed by atoms with E-state index in [1.165, 1.54) is 23.9 Å². The number of rotatable bonds is 5. The lowest BCUT2D eigenvalue weighted by Crippen LogP contribution is -2.24. The summed E-state index contributed by atoms with van der Waals surface area (Å²) in [5.74, 6) is -0.0279. The number of amides is 1. The van der Waals surface area contributed by atoms with Gasteiger partial charge in [0.15, 0.2) is 0 Å². The Bertz CT molecular complexity index is 518. The number of halogens is 1. The first kappa shape index (κ1) is 14.5. The third kappa shape index (κ3) is 4.66. The van der Waals surface area contributed by atoms with E-state index in [2.05, 4.69) is 10.3 Å². The molecule has 1 N–H and O–H groups in total. The van der Waals surface area contributed by atoms with E-state index in [1.807, 2.05) is 19.1 Å². The van der Waals surface area contributed by atoms with Crippen LogP contribution in [0.5, 0.6) is 0 Å².